The first-order valence-corrected chi connectivity index (χ1v) is 10.2. The maximum absolute atomic E-state index is 12.1. The summed E-state index contributed by atoms with van der Waals surface area (Å²) in [6.45, 7) is 5.81. The van der Waals surface area contributed by atoms with Crippen molar-refractivity contribution >= 4 is 5.91 Å². The molecule has 2 fully saturated rings. The number of aliphatic hydroxyl groups excluding tert-OH is 1. The highest BCUT2D eigenvalue weighted by molar-refractivity contribution is 5.97. The van der Waals surface area contributed by atoms with Crippen LogP contribution in [0.5, 0.6) is 5.75 Å². The summed E-state index contributed by atoms with van der Waals surface area (Å²) < 4.78 is 6.24. The van der Waals surface area contributed by atoms with Crippen LogP contribution in [0, 0.1) is 0 Å². The van der Waals surface area contributed by atoms with Crippen LogP contribution in [-0.4, -0.2) is 58.0 Å². The number of benzene rings is 1. The molecular formula is C22H28N2O4. The van der Waals surface area contributed by atoms with Gasteiger partial charge in [-0.25, -0.2) is 0 Å². The van der Waals surface area contributed by atoms with Gasteiger partial charge in [-0.15, -0.1) is 0 Å². The van der Waals surface area contributed by atoms with Crippen molar-refractivity contribution in [1.29, 1.82) is 0 Å². The minimum absolute atomic E-state index is 0.0340. The van der Waals surface area contributed by atoms with Gasteiger partial charge < -0.3 is 20.7 Å². The molecule has 1 amide bonds. The Hall–Kier alpha value is -1.89. The lowest BCUT2D eigenvalue weighted by Crippen LogP contribution is -2.77. The van der Waals surface area contributed by atoms with Crippen molar-refractivity contribution in [3.63, 3.8) is 0 Å². The second kappa shape index (κ2) is 5.81. The van der Waals surface area contributed by atoms with Crippen LogP contribution in [0.25, 0.3) is 0 Å². The highest BCUT2D eigenvalue weighted by Gasteiger charge is 2.72. The Kier molecular flexibility index (Phi) is 3.77. The molecule has 2 bridgehead atoms. The average molecular weight is 384 g/mol. The minimum atomic E-state index is -0.987. The van der Waals surface area contributed by atoms with Crippen molar-refractivity contribution in [1.82, 2.24) is 4.90 Å². The molecule has 28 heavy (non-hydrogen) atoms. The SMILES string of the molecule is CC(C)=CCN1CC[C@]23c4c5ccc(C(N)=O)c4O[C@H]2[C@H](O)CC[C@@]3(O)C1C5. The van der Waals surface area contributed by atoms with E-state index in [9.17, 15) is 15.0 Å². The smallest absolute Gasteiger partial charge is 0.252 e. The molecule has 1 spiro atoms. The Morgan fingerprint density at radius 2 is 2.18 bits per heavy atom. The molecule has 2 aliphatic heterocycles. The molecule has 4 aliphatic rings. The number of hydrogen-bond acceptors (Lipinski definition) is 5. The molecule has 1 aromatic rings. The molecule has 1 aromatic carbocycles. The number of nitrogens with zero attached hydrogens (tertiary/aromatic N) is 1. The van der Waals surface area contributed by atoms with Gasteiger partial charge in [0.15, 0.2) is 0 Å². The van der Waals surface area contributed by atoms with Gasteiger partial charge in [0, 0.05) is 18.2 Å². The van der Waals surface area contributed by atoms with E-state index in [0.29, 0.717) is 37.0 Å². The highest BCUT2D eigenvalue weighted by Crippen LogP contribution is 2.64. The Morgan fingerprint density at radius 1 is 1.39 bits per heavy atom. The van der Waals surface area contributed by atoms with Crippen LogP contribution in [-0.2, 0) is 11.8 Å². The second-order valence-corrected chi connectivity index (χ2v) is 9.13. The predicted octanol–water partition coefficient (Wildman–Crippen LogP) is 1.27. The van der Waals surface area contributed by atoms with E-state index in [1.54, 1.807) is 6.07 Å². The first-order valence-electron chi connectivity index (χ1n) is 10.2. The number of rotatable bonds is 3. The maximum atomic E-state index is 12.1. The van der Waals surface area contributed by atoms with E-state index in [2.05, 4.69) is 24.8 Å². The van der Waals surface area contributed by atoms with Gasteiger partial charge in [-0.2, -0.15) is 0 Å². The molecule has 2 aliphatic carbocycles. The second-order valence-electron chi connectivity index (χ2n) is 9.13. The van der Waals surface area contributed by atoms with Gasteiger partial charge >= 0.3 is 0 Å². The number of aliphatic hydroxyl groups is 2. The fraction of sp³-hybridized carbons (Fsp3) is 0.591. The number of likely N-dealkylation sites (tertiary alicyclic amines) is 1. The van der Waals surface area contributed by atoms with Crippen LogP contribution >= 0.6 is 0 Å². The third-order valence-corrected chi connectivity index (χ3v) is 7.56. The Labute approximate surface area is 165 Å². The van der Waals surface area contributed by atoms with Gasteiger partial charge in [-0.05, 0) is 57.7 Å². The minimum Gasteiger partial charge on any atom is -0.486 e. The summed E-state index contributed by atoms with van der Waals surface area (Å²) in [4.78, 5) is 14.4. The van der Waals surface area contributed by atoms with E-state index < -0.39 is 29.1 Å². The number of nitrogens with two attached hydrogens (primary N) is 1. The Balaban J connectivity index is 1.71. The summed E-state index contributed by atoms with van der Waals surface area (Å²) in [5, 5.41) is 22.9. The summed E-state index contributed by atoms with van der Waals surface area (Å²) in [5.41, 5.74) is 7.58. The molecule has 5 atom stereocenters. The largest absolute Gasteiger partial charge is 0.486 e. The molecule has 1 saturated carbocycles. The lowest BCUT2D eigenvalue weighted by Gasteiger charge is -2.63. The van der Waals surface area contributed by atoms with Crippen LogP contribution in [0.1, 0.15) is 54.6 Å². The zero-order valence-electron chi connectivity index (χ0n) is 16.4. The average Bonchev–Trinajstić information content (AvgIpc) is 2.98. The number of hydrogen-bond donors (Lipinski definition) is 3. The number of piperidine rings is 1. The van der Waals surface area contributed by atoms with Crippen LogP contribution in [0.2, 0.25) is 0 Å². The van der Waals surface area contributed by atoms with Gasteiger partial charge in [-0.3, -0.25) is 9.69 Å². The van der Waals surface area contributed by atoms with Gasteiger partial charge in [-0.1, -0.05) is 17.7 Å². The van der Waals surface area contributed by atoms with E-state index in [4.69, 9.17) is 10.5 Å². The summed E-state index contributed by atoms with van der Waals surface area (Å²) in [6.07, 6.45) is 3.44. The molecule has 1 saturated heterocycles. The van der Waals surface area contributed by atoms with Crippen LogP contribution in [0.15, 0.2) is 23.8 Å². The van der Waals surface area contributed by atoms with Gasteiger partial charge in [0.25, 0.3) is 5.91 Å². The van der Waals surface area contributed by atoms with E-state index in [1.807, 2.05) is 6.07 Å². The quantitative estimate of drug-likeness (QED) is 0.682. The standard InChI is InChI=1S/C22H28N2O4/c1-12(2)6-9-24-10-8-21-17-13-3-4-14(20(23)26)18(17)28-19(21)15(25)5-7-22(21,27)16(24)11-13/h3-4,6,15-16,19,25,27H,5,7-11H2,1-2H3,(H2,23,26)/t15-,16?,19+,21+,22-/m1/s1. The van der Waals surface area contributed by atoms with E-state index in [1.165, 1.54) is 5.57 Å². The van der Waals surface area contributed by atoms with Crippen LogP contribution in [0.3, 0.4) is 0 Å². The van der Waals surface area contributed by atoms with Crippen LogP contribution < -0.4 is 10.5 Å². The Bertz CT molecular complexity index is 893. The van der Waals surface area contributed by atoms with Gasteiger partial charge in [0.05, 0.1) is 22.7 Å². The normalized spacial score (nSPS) is 37.8. The fourth-order valence-electron chi connectivity index (χ4n) is 6.33. The number of allylic oxidation sites excluding steroid dienone is 1. The number of ether oxygens (including phenoxy) is 1. The topological polar surface area (TPSA) is 96.0 Å². The lowest BCUT2D eigenvalue weighted by molar-refractivity contribution is -0.206. The highest BCUT2D eigenvalue weighted by atomic mass is 16.5. The van der Waals surface area contributed by atoms with Gasteiger partial charge in [0.2, 0.25) is 0 Å². The molecule has 150 valence electrons. The number of amides is 1. The molecule has 5 rings (SSSR count). The van der Waals surface area contributed by atoms with E-state index in [-0.39, 0.29) is 6.04 Å². The summed E-state index contributed by atoms with van der Waals surface area (Å²) in [6, 6.07) is 3.66. The monoisotopic (exact) mass is 384 g/mol. The first kappa shape index (κ1) is 18.2. The predicted molar refractivity (Wildman–Crippen MR) is 104 cm³/mol. The van der Waals surface area contributed by atoms with Crippen LogP contribution in [0.4, 0.5) is 0 Å². The molecule has 1 unspecified atom stereocenters. The molecule has 0 aromatic heterocycles. The lowest BCUT2D eigenvalue weighted by atomic mass is 9.48. The molecular weight excluding hydrogens is 356 g/mol. The zero-order chi connectivity index (χ0) is 19.8. The summed E-state index contributed by atoms with van der Waals surface area (Å²) in [7, 11) is 0. The number of primary amides is 1. The summed E-state index contributed by atoms with van der Waals surface area (Å²) in [5.74, 6) is -0.0421. The van der Waals surface area contributed by atoms with E-state index >= 15 is 0 Å². The zero-order valence-corrected chi connectivity index (χ0v) is 16.4. The third kappa shape index (κ3) is 2.06. The van der Waals surface area contributed by atoms with Crippen molar-refractivity contribution in [2.75, 3.05) is 13.1 Å². The molecule has 2 heterocycles. The molecule has 0 radical (unpaired) electrons. The van der Waals surface area contributed by atoms with Crippen molar-refractivity contribution in [3.05, 3.63) is 40.5 Å². The number of carbonyl (C=O) groups excluding carboxylic acids is 1. The number of carbonyl (C=O) groups is 1. The molecule has 6 heteroatoms. The Morgan fingerprint density at radius 3 is 2.89 bits per heavy atom. The van der Waals surface area contributed by atoms with E-state index in [0.717, 1.165) is 24.2 Å². The van der Waals surface area contributed by atoms with Crippen molar-refractivity contribution in [3.8, 4) is 5.75 Å². The summed E-state index contributed by atoms with van der Waals surface area (Å²) >= 11 is 0. The van der Waals surface area contributed by atoms with Crippen molar-refractivity contribution in [2.45, 2.75) is 68.8 Å². The maximum Gasteiger partial charge on any atom is 0.252 e. The third-order valence-electron chi connectivity index (χ3n) is 7.56. The van der Waals surface area contributed by atoms with Gasteiger partial charge in [0.1, 0.15) is 11.9 Å². The molecule has 4 N–H and O–H groups in total. The molecule has 6 nitrogen and oxygen atoms in total. The van der Waals surface area contributed by atoms with Crippen molar-refractivity contribution < 1.29 is 19.7 Å². The first-order chi connectivity index (χ1) is 13.3. The fourth-order valence-corrected chi connectivity index (χ4v) is 6.33. The van der Waals surface area contributed by atoms with Crippen molar-refractivity contribution in [2.24, 2.45) is 5.73 Å².